The Morgan fingerprint density at radius 1 is 1.09 bits per heavy atom. The highest BCUT2D eigenvalue weighted by atomic mass is 16.5. The molecule has 0 fully saturated rings. The van der Waals surface area contributed by atoms with Gasteiger partial charge in [0.05, 0.1) is 10.9 Å². The lowest BCUT2D eigenvalue weighted by molar-refractivity contribution is 0.127. The van der Waals surface area contributed by atoms with Crippen LogP contribution in [0.25, 0.3) is 28.0 Å². The summed E-state index contributed by atoms with van der Waals surface area (Å²) in [6.45, 7) is 10.1. The van der Waals surface area contributed by atoms with Gasteiger partial charge in [0, 0.05) is 5.56 Å². The molecular weight excluding hydrogens is 416 g/mol. The summed E-state index contributed by atoms with van der Waals surface area (Å²) in [5, 5.41) is 21.5. The second kappa shape index (κ2) is 8.47. The van der Waals surface area contributed by atoms with Crippen LogP contribution in [-0.4, -0.2) is 15.8 Å². The van der Waals surface area contributed by atoms with Gasteiger partial charge in [-0.3, -0.25) is 4.79 Å². The van der Waals surface area contributed by atoms with Crippen LogP contribution in [0.3, 0.4) is 0 Å². The Labute approximate surface area is 193 Å². The van der Waals surface area contributed by atoms with Crippen LogP contribution in [0.5, 0.6) is 17.2 Å². The number of phenolic OH excluding ortho intramolecular Hbond substituents is 2. The maximum Gasteiger partial charge on any atom is 0.204 e. The Kier molecular flexibility index (Phi) is 5.83. The zero-order valence-electron chi connectivity index (χ0n) is 19.8. The van der Waals surface area contributed by atoms with E-state index in [2.05, 4.69) is 19.9 Å². The minimum Gasteiger partial charge on any atom is -0.508 e. The van der Waals surface area contributed by atoms with Crippen LogP contribution in [0.15, 0.2) is 56.8 Å². The van der Waals surface area contributed by atoms with Crippen molar-refractivity contribution in [1.82, 2.24) is 0 Å². The number of ether oxygens (including phenoxy) is 1. The standard InChI is InChI=1S/C28H30O5/c1-16(2)7-6-13-28(5)14-12-20-26(33-28)19(10-8-17(3)4)24(30)23-25(31)21-15-18(29)9-11-22(21)32-27(20)23/h7-9,11-12,14-15,29-30H,6,10,13H2,1-5H3/t28-/m1/s1. The highest BCUT2D eigenvalue weighted by molar-refractivity contribution is 6.00. The van der Waals surface area contributed by atoms with Crippen LogP contribution in [0.4, 0.5) is 0 Å². The van der Waals surface area contributed by atoms with E-state index in [1.54, 1.807) is 6.07 Å². The first-order valence-corrected chi connectivity index (χ1v) is 11.2. The predicted molar refractivity (Wildman–Crippen MR) is 133 cm³/mol. The second-order valence-electron chi connectivity index (χ2n) is 9.44. The average molecular weight is 447 g/mol. The number of allylic oxidation sites excluding steroid dienone is 4. The Morgan fingerprint density at radius 2 is 1.82 bits per heavy atom. The fraction of sp³-hybridized carbons (Fsp3) is 0.321. The molecule has 3 aromatic rings. The molecule has 1 aliphatic rings. The van der Waals surface area contributed by atoms with E-state index in [0.29, 0.717) is 28.9 Å². The number of benzene rings is 2. The van der Waals surface area contributed by atoms with Crippen LogP contribution >= 0.6 is 0 Å². The van der Waals surface area contributed by atoms with E-state index in [-0.39, 0.29) is 33.3 Å². The fourth-order valence-corrected chi connectivity index (χ4v) is 4.18. The van der Waals surface area contributed by atoms with Crippen molar-refractivity contribution in [2.75, 3.05) is 0 Å². The van der Waals surface area contributed by atoms with Gasteiger partial charge >= 0.3 is 0 Å². The molecule has 0 saturated carbocycles. The smallest absolute Gasteiger partial charge is 0.204 e. The lowest BCUT2D eigenvalue weighted by atomic mass is 9.91. The Balaban J connectivity index is 1.98. The van der Waals surface area contributed by atoms with Gasteiger partial charge in [-0.15, -0.1) is 0 Å². The highest BCUT2D eigenvalue weighted by Gasteiger charge is 2.32. The molecule has 4 rings (SSSR count). The number of hydrogen-bond acceptors (Lipinski definition) is 5. The number of rotatable bonds is 5. The summed E-state index contributed by atoms with van der Waals surface area (Å²) in [6.07, 6.45) is 10.2. The number of aromatic hydroxyl groups is 2. The van der Waals surface area contributed by atoms with Crippen LogP contribution in [0.1, 0.15) is 58.6 Å². The van der Waals surface area contributed by atoms with Crippen molar-refractivity contribution in [3.8, 4) is 17.2 Å². The van der Waals surface area contributed by atoms with Crippen LogP contribution in [-0.2, 0) is 6.42 Å². The third-order valence-electron chi connectivity index (χ3n) is 6.01. The quantitative estimate of drug-likeness (QED) is 0.334. The first-order valence-electron chi connectivity index (χ1n) is 11.2. The van der Waals surface area contributed by atoms with E-state index < -0.39 is 5.60 Å². The largest absolute Gasteiger partial charge is 0.508 e. The van der Waals surface area contributed by atoms with Gasteiger partial charge in [0.15, 0.2) is 5.58 Å². The first kappa shape index (κ1) is 22.7. The SMILES string of the molecule is CC(C)=CCC[C@]1(C)C=Cc2c(c(CC=C(C)C)c(O)c3c(=O)c4cc(O)ccc4oc23)O1. The molecule has 0 unspecified atom stereocenters. The molecule has 2 heterocycles. The molecule has 0 aliphatic carbocycles. The maximum absolute atomic E-state index is 13.4. The van der Waals surface area contributed by atoms with Crippen molar-refractivity contribution in [3.05, 3.63) is 68.9 Å². The summed E-state index contributed by atoms with van der Waals surface area (Å²) in [7, 11) is 0. The molecule has 172 valence electrons. The predicted octanol–water partition coefficient (Wildman–Crippen LogP) is 6.78. The van der Waals surface area contributed by atoms with Crippen molar-refractivity contribution in [1.29, 1.82) is 0 Å². The van der Waals surface area contributed by atoms with Gasteiger partial charge in [-0.25, -0.2) is 0 Å². The minimum atomic E-state index is -0.554. The topological polar surface area (TPSA) is 79.9 Å². The van der Waals surface area contributed by atoms with Crippen molar-refractivity contribution in [3.63, 3.8) is 0 Å². The van der Waals surface area contributed by atoms with Crippen LogP contribution < -0.4 is 10.2 Å². The Hall–Kier alpha value is -3.47. The van der Waals surface area contributed by atoms with E-state index in [1.807, 2.05) is 39.0 Å². The lowest BCUT2D eigenvalue weighted by Gasteiger charge is -2.33. The summed E-state index contributed by atoms with van der Waals surface area (Å²) in [4.78, 5) is 13.4. The van der Waals surface area contributed by atoms with E-state index >= 15 is 0 Å². The minimum absolute atomic E-state index is 0.0354. The van der Waals surface area contributed by atoms with E-state index in [4.69, 9.17) is 9.15 Å². The fourth-order valence-electron chi connectivity index (χ4n) is 4.18. The Bertz CT molecular complexity index is 1400. The van der Waals surface area contributed by atoms with Gasteiger partial charge in [-0.1, -0.05) is 23.3 Å². The molecule has 0 spiro atoms. The summed E-state index contributed by atoms with van der Waals surface area (Å²) in [6, 6.07) is 4.39. The molecule has 2 N–H and O–H groups in total. The monoisotopic (exact) mass is 446 g/mol. The molecule has 5 nitrogen and oxygen atoms in total. The summed E-state index contributed by atoms with van der Waals surface area (Å²) >= 11 is 0. The first-order chi connectivity index (χ1) is 15.6. The van der Waals surface area contributed by atoms with E-state index in [0.717, 1.165) is 18.4 Å². The van der Waals surface area contributed by atoms with Crippen LogP contribution in [0.2, 0.25) is 0 Å². The van der Waals surface area contributed by atoms with Gasteiger partial charge in [0.1, 0.15) is 33.8 Å². The maximum atomic E-state index is 13.4. The number of hydrogen-bond donors (Lipinski definition) is 2. The molecular formula is C28H30O5. The zero-order valence-corrected chi connectivity index (χ0v) is 19.8. The van der Waals surface area contributed by atoms with Crippen molar-refractivity contribution in [2.45, 2.75) is 59.5 Å². The molecule has 0 radical (unpaired) electrons. The summed E-state index contributed by atoms with van der Waals surface area (Å²) in [5.74, 6) is 0.370. The number of fused-ring (bicyclic) bond motifs is 4. The van der Waals surface area contributed by atoms with E-state index in [9.17, 15) is 15.0 Å². The van der Waals surface area contributed by atoms with Gasteiger partial charge in [0.25, 0.3) is 0 Å². The third-order valence-corrected chi connectivity index (χ3v) is 6.01. The summed E-state index contributed by atoms with van der Waals surface area (Å²) in [5.41, 5.74) is 3.24. The van der Waals surface area contributed by atoms with Gasteiger partial charge < -0.3 is 19.4 Å². The molecule has 1 atom stereocenters. The number of phenols is 2. The highest BCUT2D eigenvalue weighted by Crippen LogP contribution is 2.46. The molecule has 1 aromatic heterocycles. The second-order valence-corrected chi connectivity index (χ2v) is 9.44. The molecule has 5 heteroatoms. The summed E-state index contributed by atoms with van der Waals surface area (Å²) < 4.78 is 12.6. The normalized spacial score (nSPS) is 17.0. The van der Waals surface area contributed by atoms with Crippen LogP contribution in [0, 0.1) is 0 Å². The molecule has 1 aliphatic heterocycles. The van der Waals surface area contributed by atoms with Crippen molar-refractivity contribution >= 4 is 28.0 Å². The lowest BCUT2D eigenvalue weighted by Crippen LogP contribution is -2.32. The Morgan fingerprint density at radius 3 is 2.52 bits per heavy atom. The zero-order chi connectivity index (χ0) is 23.9. The van der Waals surface area contributed by atoms with Gasteiger partial charge in [0.2, 0.25) is 5.43 Å². The van der Waals surface area contributed by atoms with Crippen molar-refractivity contribution in [2.24, 2.45) is 0 Å². The van der Waals surface area contributed by atoms with Gasteiger partial charge in [-0.05, 0) is 84.2 Å². The molecule has 0 saturated heterocycles. The molecule has 0 bridgehead atoms. The van der Waals surface area contributed by atoms with Gasteiger partial charge in [-0.2, -0.15) is 0 Å². The van der Waals surface area contributed by atoms with E-state index in [1.165, 1.54) is 17.7 Å². The van der Waals surface area contributed by atoms with Crippen molar-refractivity contribution < 1.29 is 19.4 Å². The average Bonchev–Trinajstić information content (AvgIpc) is 2.73. The third kappa shape index (κ3) is 4.28. The molecule has 33 heavy (non-hydrogen) atoms. The molecule has 2 aromatic carbocycles. The molecule has 0 amide bonds.